The molecule has 0 aliphatic rings. The molecule has 32 heavy (non-hydrogen) atoms. The Morgan fingerprint density at radius 1 is 0.906 bits per heavy atom. The van der Waals surface area contributed by atoms with Crippen molar-refractivity contribution >= 4 is 33.3 Å². The van der Waals surface area contributed by atoms with Crippen molar-refractivity contribution in [3.05, 3.63) is 76.8 Å². The van der Waals surface area contributed by atoms with E-state index in [4.69, 9.17) is 0 Å². The Bertz CT molecular complexity index is 1240. The molecule has 1 heterocycles. The van der Waals surface area contributed by atoms with Gasteiger partial charge in [-0.3, -0.25) is 0 Å². The van der Waals surface area contributed by atoms with Crippen LogP contribution in [-0.4, -0.2) is 26.7 Å². The van der Waals surface area contributed by atoms with E-state index in [1.807, 2.05) is 6.07 Å². The minimum Gasteiger partial charge on any atom is -0.307 e. The van der Waals surface area contributed by atoms with E-state index in [2.05, 4.69) is 47.2 Å². The number of H-pyrrole nitrogens is 1. The zero-order valence-corrected chi connectivity index (χ0v) is 17.7. The number of aromatic nitrogens is 4. The maximum Gasteiger partial charge on any atom is 0.416 e. The predicted molar refractivity (Wildman–Crippen MR) is 117 cm³/mol. The number of hydrogen-bond donors (Lipinski definition) is 3. The summed E-state index contributed by atoms with van der Waals surface area (Å²) in [6.07, 6.45) is -4.41. The van der Waals surface area contributed by atoms with Crippen LogP contribution in [0.15, 0.2) is 71.2 Å². The Hall–Kier alpha value is -3.73. The zero-order chi connectivity index (χ0) is 22.7. The summed E-state index contributed by atoms with van der Waals surface area (Å²) in [6, 6.07) is 16.4. The lowest BCUT2D eigenvalue weighted by atomic mass is 10.00. The van der Waals surface area contributed by atoms with Crippen molar-refractivity contribution in [1.29, 1.82) is 0 Å². The van der Waals surface area contributed by atoms with Gasteiger partial charge in [-0.05, 0) is 73.9 Å². The molecular formula is C21H14BrF3N6O. The first-order valence-corrected chi connectivity index (χ1v) is 9.99. The van der Waals surface area contributed by atoms with Gasteiger partial charge in [0.1, 0.15) is 0 Å². The van der Waals surface area contributed by atoms with E-state index in [1.54, 1.807) is 36.4 Å². The minimum absolute atomic E-state index is 0.287. The maximum absolute atomic E-state index is 12.9. The summed E-state index contributed by atoms with van der Waals surface area (Å²) in [7, 11) is 0. The molecule has 4 aromatic rings. The molecule has 2 amide bonds. The molecule has 11 heteroatoms. The lowest BCUT2D eigenvalue weighted by Gasteiger charge is -2.13. The lowest BCUT2D eigenvalue weighted by molar-refractivity contribution is -0.137. The predicted octanol–water partition coefficient (Wildman–Crippen LogP) is 5.96. The van der Waals surface area contributed by atoms with Gasteiger partial charge in [0.05, 0.1) is 16.9 Å². The zero-order valence-electron chi connectivity index (χ0n) is 16.1. The molecule has 4 rings (SSSR count). The Morgan fingerprint density at radius 2 is 1.59 bits per heavy atom. The highest BCUT2D eigenvalue weighted by molar-refractivity contribution is 9.10. The van der Waals surface area contributed by atoms with E-state index in [-0.39, 0.29) is 5.82 Å². The molecule has 0 atom stereocenters. The molecule has 162 valence electrons. The van der Waals surface area contributed by atoms with Crippen LogP contribution in [0, 0.1) is 0 Å². The van der Waals surface area contributed by atoms with Crippen LogP contribution in [0.25, 0.3) is 22.5 Å². The molecular weight excluding hydrogens is 489 g/mol. The van der Waals surface area contributed by atoms with Crippen LogP contribution >= 0.6 is 15.9 Å². The van der Waals surface area contributed by atoms with Crippen molar-refractivity contribution in [3.63, 3.8) is 0 Å². The van der Waals surface area contributed by atoms with Gasteiger partial charge in [0.25, 0.3) is 0 Å². The number of halogens is 4. The second-order valence-corrected chi connectivity index (χ2v) is 7.50. The summed E-state index contributed by atoms with van der Waals surface area (Å²) < 4.78 is 39.3. The van der Waals surface area contributed by atoms with Gasteiger partial charge >= 0.3 is 12.2 Å². The van der Waals surface area contributed by atoms with Crippen LogP contribution < -0.4 is 10.6 Å². The van der Waals surface area contributed by atoms with Crippen LogP contribution in [0.5, 0.6) is 0 Å². The number of amides is 2. The third kappa shape index (κ3) is 4.78. The summed E-state index contributed by atoms with van der Waals surface area (Å²) in [4.78, 5) is 12.5. The molecule has 0 saturated carbocycles. The van der Waals surface area contributed by atoms with Crippen molar-refractivity contribution < 1.29 is 18.0 Å². The average molecular weight is 503 g/mol. The second-order valence-electron chi connectivity index (χ2n) is 6.64. The number of nitrogens with zero attached hydrogens (tertiary/aromatic N) is 3. The van der Waals surface area contributed by atoms with Crippen molar-refractivity contribution in [2.24, 2.45) is 0 Å². The van der Waals surface area contributed by atoms with Crippen LogP contribution in [0.1, 0.15) is 5.56 Å². The Balaban J connectivity index is 1.64. The number of carbonyl (C=O) groups excluding carboxylic acids is 1. The molecule has 0 saturated heterocycles. The number of para-hydroxylation sites is 1. The molecule has 3 aromatic carbocycles. The molecule has 1 aromatic heterocycles. The standard InChI is InChI=1S/C21H14BrF3N6O/c22-16-3-1-2-4-18(16)27-20(32)26-17-10-7-13(11-15(17)19-28-30-31-29-19)12-5-8-14(9-6-12)21(23,24)25/h1-11H,(H2,26,27,32)(H,28,29,30,31). The number of urea groups is 1. The molecule has 0 fully saturated rings. The molecule has 0 radical (unpaired) electrons. The van der Waals surface area contributed by atoms with Crippen molar-refractivity contribution in [2.45, 2.75) is 6.18 Å². The third-order valence-corrected chi connectivity index (χ3v) is 5.23. The minimum atomic E-state index is -4.41. The van der Waals surface area contributed by atoms with E-state index in [1.165, 1.54) is 12.1 Å². The number of aromatic amines is 1. The average Bonchev–Trinajstić information content (AvgIpc) is 3.30. The number of carbonyl (C=O) groups is 1. The fourth-order valence-electron chi connectivity index (χ4n) is 2.99. The maximum atomic E-state index is 12.9. The normalized spacial score (nSPS) is 11.2. The van der Waals surface area contributed by atoms with Gasteiger partial charge in [0.2, 0.25) is 0 Å². The number of rotatable bonds is 4. The molecule has 0 unspecified atom stereocenters. The van der Waals surface area contributed by atoms with Gasteiger partial charge in [-0.1, -0.05) is 30.3 Å². The van der Waals surface area contributed by atoms with Crippen molar-refractivity contribution in [2.75, 3.05) is 10.6 Å². The molecule has 0 aliphatic heterocycles. The molecule has 0 aliphatic carbocycles. The van der Waals surface area contributed by atoms with Gasteiger partial charge in [0, 0.05) is 10.0 Å². The summed E-state index contributed by atoms with van der Waals surface area (Å²) >= 11 is 3.36. The summed E-state index contributed by atoms with van der Waals surface area (Å²) in [5.41, 5.74) is 1.91. The highest BCUT2D eigenvalue weighted by Crippen LogP contribution is 2.34. The number of benzene rings is 3. The Morgan fingerprint density at radius 3 is 2.25 bits per heavy atom. The van der Waals surface area contributed by atoms with Gasteiger partial charge in [-0.2, -0.15) is 13.2 Å². The van der Waals surface area contributed by atoms with Crippen LogP contribution in [0.4, 0.5) is 29.3 Å². The van der Waals surface area contributed by atoms with E-state index < -0.39 is 17.8 Å². The van der Waals surface area contributed by atoms with Crippen LogP contribution in [0.2, 0.25) is 0 Å². The van der Waals surface area contributed by atoms with E-state index in [9.17, 15) is 18.0 Å². The Labute approximate surface area is 188 Å². The number of hydrogen-bond acceptors (Lipinski definition) is 4. The quantitative estimate of drug-likeness (QED) is 0.320. The first-order valence-electron chi connectivity index (χ1n) is 9.19. The lowest BCUT2D eigenvalue weighted by Crippen LogP contribution is -2.20. The summed E-state index contributed by atoms with van der Waals surface area (Å²) in [5.74, 6) is 0.287. The van der Waals surface area contributed by atoms with E-state index in [0.717, 1.165) is 12.1 Å². The largest absolute Gasteiger partial charge is 0.416 e. The molecule has 7 nitrogen and oxygen atoms in total. The molecule has 0 bridgehead atoms. The van der Waals surface area contributed by atoms with Crippen molar-refractivity contribution in [1.82, 2.24) is 20.6 Å². The summed E-state index contributed by atoms with van der Waals surface area (Å²) in [5, 5.41) is 19.1. The molecule has 3 N–H and O–H groups in total. The monoisotopic (exact) mass is 502 g/mol. The van der Waals surface area contributed by atoms with E-state index >= 15 is 0 Å². The number of alkyl halides is 3. The second kappa shape index (κ2) is 8.79. The number of tetrazole rings is 1. The fraction of sp³-hybridized carbons (Fsp3) is 0.0476. The van der Waals surface area contributed by atoms with Gasteiger partial charge in [0.15, 0.2) is 5.82 Å². The number of nitrogens with one attached hydrogen (secondary N) is 3. The SMILES string of the molecule is O=C(Nc1ccccc1Br)Nc1ccc(-c2ccc(C(F)(F)F)cc2)cc1-c1nnn[nH]1. The van der Waals surface area contributed by atoms with Crippen LogP contribution in [-0.2, 0) is 6.18 Å². The van der Waals surface area contributed by atoms with Gasteiger partial charge < -0.3 is 10.6 Å². The number of anilines is 2. The highest BCUT2D eigenvalue weighted by Gasteiger charge is 2.30. The first kappa shape index (κ1) is 21.5. The van der Waals surface area contributed by atoms with Crippen molar-refractivity contribution in [3.8, 4) is 22.5 Å². The van der Waals surface area contributed by atoms with Gasteiger partial charge in [-0.15, -0.1) is 5.10 Å². The van der Waals surface area contributed by atoms with E-state index in [0.29, 0.717) is 32.5 Å². The first-order chi connectivity index (χ1) is 15.3. The smallest absolute Gasteiger partial charge is 0.307 e. The third-order valence-electron chi connectivity index (χ3n) is 4.54. The topological polar surface area (TPSA) is 95.6 Å². The summed E-state index contributed by atoms with van der Waals surface area (Å²) in [6.45, 7) is 0. The highest BCUT2D eigenvalue weighted by atomic mass is 79.9. The molecule has 0 spiro atoms. The Kier molecular flexibility index (Phi) is 5.91. The van der Waals surface area contributed by atoms with Gasteiger partial charge in [-0.25, -0.2) is 9.89 Å². The fourth-order valence-corrected chi connectivity index (χ4v) is 3.38. The van der Waals surface area contributed by atoms with Crippen LogP contribution in [0.3, 0.4) is 0 Å².